The maximum absolute atomic E-state index is 12.3. The van der Waals surface area contributed by atoms with Gasteiger partial charge in [-0.2, -0.15) is 5.10 Å². The molecule has 106 valence electrons. The summed E-state index contributed by atoms with van der Waals surface area (Å²) in [6.07, 6.45) is 3.40. The Morgan fingerprint density at radius 1 is 1.50 bits per heavy atom. The van der Waals surface area contributed by atoms with E-state index in [9.17, 15) is 8.42 Å². The second kappa shape index (κ2) is 4.85. The van der Waals surface area contributed by atoms with Crippen molar-refractivity contribution in [1.82, 2.24) is 29.3 Å². The second-order valence-electron chi connectivity index (χ2n) is 3.94. The summed E-state index contributed by atoms with van der Waals surface area (Å²) < 4.78 is 28.4. The fraction of sp³-hybridized carbons (Fsp3) is 0.222. The van der Waals surface area contributed by atoms with Gasteiger partial charge in [0.1, 0.15) is 12.2 Å². The van der Waals surface area contributed by atoms with Crippen molar-refractivity contribution in [1.29, 1.82) is 0 Å². The summed E-state index contributed by atoms with van der Waals surface area (Å²) in [5, 5.41) is 8.06. The zero-order valence-corrected chi connectivity index (χ0v) is 11.8. The minimum Gasteiger partial charge on any atom is -0.381 e. The van der Waals surface area contributed by atoms with Crippen molar-refractivity contribution in [3.8, 4) is 0 Å². The van der Waals surface area contributed by atoms with E-state index in [0.717, 1.165) is 0 Å². The number of nitrogens with zero attached hydrogens (tertiary/aromatic N) is 4. The van der Waals surface area contributed by atoms with E-state index in [0.29, 0.717) is 17.2 Å². The lowest BCUT2D eigenvalue weighted by Crippen LogP contribution is -2.27. The van der Waals surface area contributed by atoms with Gasteiger partial charge in [-0.3, -0.25) is 9.50 Å². The van der Waals surface area contributed by atoms with Crippen LogP contribution in [0.1, 0.15) is 5.82 Å². The zero-order chi connectivity index (χ0) is 14.2. The van der Waals surface area contributed by atoms with Gasteiger partial charge in [-0.1, -0.05) is 0 Å². The molecule has 0 fully saturated rings. The Bertz CT molecular complexity index is 818. The standard InChI is InChI=1S/C9H11N7O2S2/c10-7-8(16-3-4-19-9(16)14-7)20(17,18)13-2-1-6-11-5-12-15-6/h3-5,13H,1-2,10H2,(H,11,12,15). The number of anilines is 1. The van der Waals surface area contributed by atoms with Crippen molar-refractivity contribution in [2.24, 2.45) is 0 Å². The Balaban J connectivity index is 1.81. The molecule has 0 unspecified atom stereocenters. The van der Waals surface area contributed by atoms with E-state index >= 15 is 0 Å². The summed E-state index contributed by atoms with van der Waals surface area (Å²) in [6.45, 7) is 0.189. The number of H-pyrrole nitrogens is 1. The number of aromatic amines is 1. The molecule has 3 rings (SSSR count). The van der Waals surface area contributed by atoms with Crippen molar-refractivity contribution in [2.45, 2.75) is 11.4 Å². The Morgan fingerprint density at radius 2 is 2.35 bits per heavy atom. The van der Waals surface area contributed by atoms with Crippen molar-refractivity contribution in [3.05, 3.63) is 23.7 Å². The Morgan fingerprint density at radius 3 is 3.10 bits per heavy atom. The summed E-state index contributed by atoms with van der Waals surface area (Å²) in [5.74, 6) is 0.596. The van der Waals surface area contributed by atoms with Crippen LogP contribution in [0.2, 0.25) is 0 Å². The first kappa shape index (κ1) is 13.0. The van der Waals surface area contributed by atoms with Gasteiger partial charge in [-0.05, 0) is 0 Å². The molecule has 0 radical (unpaired) electrons. The predicted molar refractivity (Wildman–Crippen MR) is 72.8 cm³/mol. The molecular weight excluding hydrogens is 302 g/mol. The van der Waals surface area contributed by atoms with Crippen LogP contribution in [-0.4, -0.2) is 39.5 Å². The quantitative estimate of drug-likeness (QED) is 0.588. The van der Waals surface area contributed by atoms with E-state index in [1.54, 1.807) is 11.6 Å². The van der Waals surface area contributed by atoms with Crippen LogP contribution >= 0.6 is 11.3 Å². The van der Waals surface area contributed by atoms with Crippen molar-refractivity contribution in [2.75, 3.05) is 12.3 Å². The first-order valence-electron chi connectivity index (χ1n) is 5.63. The summed E-state index contributed by atoms with van der Waals surface area (Å²) in [6, 6.07) is 0. The number of thiazole rings is 1. The van der Waals surface area contributed by atoms with Gasteiger partial charge in [0.25, 0.3) is 10.0 Å². The summed E-state index contributed by atoms with van der Waals surface area (Å²) in [5.41, 5.74) is 5.68. The first-order valence-corrected chi connectivity index (χ1v) is 7.99. The third kappa shape index (κ3) is 2.26. The van der Waals surface area contributed by atoms with Crippen LogP contribution in [0.15, 0.2) is 22.9 Å². The number of rotatable bonds is 5. The first-order chi connectivity index (χ1) is 9.58. The number of nitrogens with two attached hydrogens (primary N) is 1. The molecule has 0 spiro atoms. The van der Waals surface area contributed by atoms with Gasteiger partial charge < -0.3 is 5.73 Å². The highest BCUT2D eigenvalue weighted by molar-refractivity contribution is 7.89. The van der Waals surface area contributed by atoms with E-state index in [-0.39, 0.29) is 17.4 Å². The zero-order valence-electron chi connectivity index (χ0n) is 10.1. The van der Waals surface area contributed by atoms with Gasteiger partial charge >= 0.3 is 0 Å². The molecule has 0 aliphatic heterocycles. The van der Waals surface area contributed by atoms with Gasteiger partial charge in [0, 0.05) is 24.5 Å². The number of hydrogen-bond acceptors (Lipinski definition) is 7. The molecule has 0 aliphatic rings. The molecule has 9 nitrogen and oxygen atoms in total. The minimum absolute atomic E-state index is 0.0102. The smallest absolute Gasteiger partial charge is 0.260 e. The van der Waals surface area contributed by atoms with Crippen LogP contribution in [0.5, 0.6) is 0 Å². The number of hydrogen-bond donors (Lipinski definition) is 3. The maximum Gasteiger partial charge on any atom is 0.260 e. The highest BCUT2D eigenvalue weighted by Gasteiger charge is 2.24. The molecule has 0 aromatic carbocycles. The Labute approximate surface area is 117 Å². The van der Waals surface area contributed by atoms with Crippen LogP contribution in [0.4, 0.5) is 5.82 Å². The average molecular weight is 313 g/mol. The molecule has 3 aromatic rings. The van der Waals surface area contributed by atoms with Gasteiger partial charge in [-0.25, -0.2) is 23.1 Å². The summed E-state index contributed by atoms with van der Waals surface area (Å²) >= 11 is 1.32. The average Bonchev–Trinajstić information content (AvgIpc) is 3.04. The minimum atomic E-state index is -3.73. The number of imidazole rings is 1. The molecule has 0 aliphatic carbocycles. The van der Waals surface area contributed by atoms with Crippen LogP contribution in [-0.2, 0) is 16.4 Å². The van der Waals surface area contributed by atoms with Crippen molar-refractivity contribution in [3.63, 3.8) is 0 Å². The second-order valence-corrected chi connectivity index (χ2v) is 6.49. The van der Waals surface area contributed by atoms with Crippen LogP contribution < -0.4 is 10.5 Å². The number of aromatic nitrogens is 5. The predicted octanol–water partition coefficient (Wildman–Crippen LogP) is -0.383. The van der Waals surface area contributed by atoms with E-state index in [1.165, 1.54) is 22.1 Å². The van der Waals surface area contributed by atoms with Crippen LogP contribution in [0, 0.1) is 0 Å². The molecule has 0 amide bonds. The fourth-order valence-electron chi connectivity index (χ4n) is 1.77. The van der Waals surface area contributed by atoms with Crippen LogP contribution in [0.3, 0.4) is 0 Å². The molecule has 20 heavy (non-hydrogen) atoms. The monoisotopic (exact) mass is 313 g/mol. The van der Waals surface area contributed by atoms with E-state index in [2.05, 4.69) is 24.9 Å². The summed E-state index contributed by atoms with van der Waals surface area (Å²) in [4.78, 5) is 8.46. The lowest BCUT2D eigenvalue weighted by molar-refractivity contribution is 0.576. The van der Waals surface area contributed by atoms with Gasteiger partial charge in [0.15, 0.2) is 15.8 Å². The van der Waals surface area contributed by atoms with E-state index in [1.807, 2.05) is 0 Å². The SMILES string of the molecule is Nc1nc2sccn2c1S(=O)(=O)NCCc1ncn[nH]1. The lowest BCUT2D eigenvalue weighted by Gasteiger charge is -2.05. The molecule has 3 aromatic heterocycles. The molecule has 0 bridgehead atoms. The van der Waals surface area contributed by atoms with Crippen molar-refractivity contribution >= 4 is 32.1 Å². The topological polar surface area (TPSA) is 131 Å². The maximum atomic E-state index is 12.3. The molecule has 11 heteroatoms. The van der Waals surface area contributed by atoms with E-state index in [4.69, 9.17) is 5.73 Å². The summed E-state index contributed by atoms with van der Waals surface area (Å²) in [7, 11) is -3.73. The normalized spacial score (nSPS) is 12.2. The number of sulfonamides is 1. The van der Waals surface area contributed by atoms with Gasteiger partial charge in [0.2, 0.25) is 0 Å². The fourth-order valence-corrected chi connectivity index (χ4v) is 3.79. The third-order valence-electron chi connectivity index (χ3n) is 2.62. The molecule has 3 heterocycles. The van der Waals surface area contributed by atoms with Gasteiger partial charge in [0.05, 0.1) is 0 Å². The highest BCUT2D eigenvalue weighted by atomic mass is 32.2. The highest BCUT2D eigenvalue weighted by Crippen LogP contribution is 2.22. The third-order valence-corrected chi connectivity index (χ3v) is 4.87. The Hall–Kier alpha value is -1.98. The lowest BCUT2D eigenvalue weighted by atomic mass is 10.4. The molecular formula is C9H11N7O2S2. The number of nitrogens with one attached hydrogen (secondary N) is 2. The molecule has 0 saturated carbocycles. The number of fused-ring (bicyclic) bond motifs is 1. The van der Waals surface area contributed by atoms with Gasteiger partial charge in [-0.15, -0.1) is 11.3 Å². The molecule has 4 N–H and O–H groups in total. The van der Waals surface area contributed by atoms with E-state index < -0.39 is 10.0 Å². The Kier molecular flexibility index (Phi) is 3.16. The molecule has 0 atom stereocenters. The number of nitrogen functional groups attached to an aromatic ring is 1. The van der Waals surface area contributed by atoms with Crippen molar-refractivity contribution < 1.29 is 8.42 Å². The largest absolute Gasteiger partial charge is 0.381 e. The molecule has 0 saturated heterocycles. The van der Waals surface area contributed by atoms with Crippen LogP contribution in [0.25, 0.3) is 4.96 Å².